The van der Waals surface area contributed by atoms with Gasteiger partial charge < -0.3 is 20.4 Å². The van der Waals surface area contributed by atoms with Gasteiger partial charge >= 0.3 is 0 Å². The summed E-state index contributed by atoms with van der Waals surface area (Å²) in [4.78, 5) is 4.26. The lowest BCUT2D eigenvalue weighted by molar-refractivity contribution is 0.473. The molecule has 22 heavy (non-hydrogen) atoms. The first-order chi connectivity index (χ1) is 10.6. The number of hydrogen-bond donors (Lipinski definition) is 3. The highest BCUT2D eigenvalue weighted by atomic mass is 16.3. The molecule has 0 spiro atoms. The van der Waals surface area contributed by atoms with Crippen molar-refractivity contribution < 1.29 is 14.6 Å². The summed E-state index contributed by atoms with van der Waals surface area (Å²) in [7, 11) is 0. The Bertz CT molecular complexity index is 879. The summed E-state index contributed by atoms with van der Waals surface area (Å²) in [5, 5.41) is 19.1. The predicted octanol–water partition coefficient (Wildman–Crippen LogP) is 3.55. The molecular formula is C17H14N2O3. The molecule has 3 aromatic rings. The van der Waals surface area contributed by atoms with E-state index in [1.54, 1.807) is 48.6 Å². The average molecular weight is 294 g/mol. The fraction of sp³-hybridized carbons (Fsp3) is 0. The van der Waals surface area contributed by atoms with Gasteiger partial charge in [-0.1, -0.05) is 18.2 Å². The van der Waals surface area contributed by atoms with Gasteiger partial charge in [-0.2, -0.15) is 0 Å². The molecule has 5 heteroatoms. The molecule has 0 amide bonds. The standard InChI is InChI=1S/C17H14N2O3/c18-12-6-5-11(15(21)9-12)3-1-2-4-17-19-14-8-7-13(20)10-16(14)22-17/h1-10,20-21H,18H2. The van der Waals surface area contributed by atoms with E-state index in [2.05, 4.69) is 4.98 Å². The van der Waals surface area contributed by atoms with E-state index in [4.69, 9.17) is 10.2 Å². The van der Waals surface area contributed by atoms with Crippen LogP contribution in [0.15, 0.2) is 53.0 Å². The topological polar surface area (TPSA) is 92.5 Å². The maximum Gasteiger partial charge on any atom is 0.219 e. The lowest BCUT2D eigenvalue weighted by atomic mass is 10.1. The van der Waals surface area contributed by atoms with Crippen molar-refractivity contribution in [1.82, 2.24) is 4.98 Å². The molecule has 0 aliphatic rings. The molecule has 0 aliphatic carbocycles. The van der Waals surface area contributed by atoms with E-state index in [0.29, 0.717) is 28.2 Å². The molecule has 0 aliphatic heterocycles. The first kappa shape index (κ1) is 13.8. The Kier molecular flexibility index (Phi) is 3.53. The number of benzene rings is 2. The van der Waals surface area contributed by atoms with Crippen molar-refractivity contribution in [2.75, 3.05) is 5.73 Å². The van der Waals surface area contributed by atoms with Crippen LogP contribution in [-0.4, -0.2) is 15.2 Å². The van der Waals surface area contributed by atoms with Crippen LogP contribution in [-0.2, 0) is 0 Å². The number of nitrogen functional groups attached to an aromatic ring is 1. The van der Waals surface area contributed by atoms with Crippen LogP contribution in [0.2, 0.25) is 0 Å². The summed E-state index contributed by atoms with van der Waals surface area (Å²) < 4.78 is 5.48. The first-order valence-electron chi connectivity index (χ1n) is 6.64. The third-order valence-electron chi connectivity index (χ3n) is 3.07. The number of aromatic nitrogens is 1. The Morgan fingerprint density at radius 1 is 1.00 bits per heavy atom. The molecule has 1 heterocycles. The molecule has 5 nitrogen and oxygen atoms in total. The number of phenolic OH excluding ortho intramolecular Hbond substituents is 2. The Morgan fingerprint density at radius 3 is 2.64 bits per heavy atom. The van der Waals surface area contributed by atoms with Crippen molar-refractivity contribution in [2.45, 2.75) is 0 Å². The molecule has 3 rings (SSSR count). The van der Waals surface area contributed by atoms with Crippen LogP contribution in [0, 0.1) is 0 Å². The van der Waals surface area contributed by atoms with Gasteiger partial charge in [0.2, 0.25) is 5.89 Å². The zero-order valence-corrected chi connectivity index (χ0v) is 11.6. The third kappa shape index (κ3) is 2.93. The van der Waals surface area contributed by atoms with Gasteiger partial charge in [0.1, 0.15) is 17.0 Å². The number of rotatable bonds is 3. The maximum absolute atomic E-state index is 9.72. The van der Waals surface area contributed by atoms with Gasteiger partial charge in [0.25, 0.3) is 0 Å². The van der Waals surface area contributed by atoms with Crippen molar-refractivity contribution in [3.8, 4) is 11.5 Å². The molecule has 4 N–H and O–H groups in total. The van der Waals surface area contributed by atoms with Crippen molar-refractivity contribution >= 4 is 28.9 Å². The summed E-state index contributed by atoms with van der Waals surface area (Å²) in [6, 6.07) is 9.71. The largest absolute Gasteiger partial charge is 0.508 e. The number of anilines is 1. The van der Waals surface area contributed by atoms with Crippen LogP contribution in [0.5, 0.6) is 11.5 Å². The van der Waals surface area contributed by atoms with Crippen LogP contribution in [0.25, 0.3) is 23.3 Å². The zero-order chi connectivity index (χ0) is 15.5. The Balaban J connectivity index is 1.76. The smallest absolute Gasteiger partial charge is 0.219 e. The summed E-state index contributed by atoms with van der Waals surface area (Å²) in [6.45, 7) is 0. The molecule has 1 aromatic heterocycles. The quantitative estimate of drug-likeness (QED) is 0.507. The van der Waals surface area contributed by atoms with Gasteiger partial charge in [0.05, 0.1) is 0 Å². The van der Waals surface area contributed by atoms with Gasteiger partial charge in [-0.05, 0) is 24.3 Å². The predicted molar refractivity (Wildman–Crippen MR) is 86.3 cm³/mol. The summed E-state index contributed by atoms with van der Waals surface area (Å²) in [6.07, 6.45) is 6.96. The Morgan fingerprint density at radius 2 is 1.82 bits per heavy atom. The van der Waals surface area contributed by atoms with Crippen molar-refractivity contribution in [2.24, 2.45) is 0 Å². The van der Waals surface area contributed by atoms with Gasteiger partial charge in [-0.15, -0.1) is 0 Å². The van der Waals surface area contributed by atoms with E-state index in [-0.39, 0.29) is 11.5 Å². The average Bonchev–Trinajstić information content (AvgIpc) is 2.87. The van der Waals surface area contributed by atoms with Gasteiger partial charge in [-0.3, -0.25) is 0 Å². The van der Waals surface area contributed by atoms with Crippen molar-refractivity contribution in [1.29, 1.82) is 0 Å². The minimum absolute atomic E-state index is 0.127. The van der Waals surface area contributed by atoms with Crippen LogP contribution >= 0.6 is 0 Å². The number of phenols is 2. The fourth-order valence-corrected chi connectivity index (χ4v) is 2.00. The molecule has 0 saturated carbocycles. The molecule has 0 radical (unpaired) electrons. The van der Waals surface area contributed by atoms with Crippen LogP contribution in [0.1, 0.15) is 11.5 Å². The molecular weight excluding hydrogens is 280 g/mol. The van der Waals surface area contributed by atoms with Crippen molar-refractivity contribution in [3.05, 3.63) is 60.0 Å². The van der Waals surface area contributed by atoms with E-state index in [1.807, 2.05) is 0 Å². The molecule has 0 unspecified atom stereocenters. The molecule has 0 fully saturated rings. The second kappa shape index (κ2) is 5.65. The summed E-state index contributed by atoms with van der Waals surface area (Å²) in [5.74, 6) is 0.701. The second-order valence-corrected chi connectivity index (χ2v) is 4.74. The zero-order valence-electron chi connectivity index (χ0n) is 11.6. The fourth-order valence-electron chi connectivity index (χ4n) is 2.00. The third-order valence-corrected chi connectivity index (χ3v) is 3.07. The maximum atomic E-state index is 9.72. The molecule has 2 aromatic carbocycles. The van der Waals surface area contributed by atoms with Crippen LogP contribution < -0.4 is 5.73 Å². The second-order valence-electron chi connectivity index (χ2n) is 4.74. The van der Waals surface area contributed by atoms with Crippen LogP contribution in [0.3, 0.4) is 0 Å². The SMILES string of the molecule is Nc1ccc(C=CC=Cc2nc3ccc(O)cc3o2)c(O)c1. The van der Waals surface area contributed by atoms with E-state index in [0.717, 1.165) is 0 Å². The number of nitrogens with zero attached hydrogens (tertiary/aromatic N) is 1. The van der Waals surface area contributed by atoms with Gasteiger partial charge in [0.15, 0.2) is 5.58 Å². The van der Waals surface area contributed by atoms with E-state index >= 15 is 0 Å². The molecule has 0 saturated heterocycles. The van der Waals surface area contributed by atoms with Gasteiger partial charge in [0, 0.05) is 29.5 Å². The molecule has 0 atom stereocenters. The minimum atomic E-state index is 0.127. The first-order valence-corrected chi connectivity index (χ1v) is 6.64. The van der Waals surface area contributed by atoms with Gasteiger partial charge in [-0.25, -0.2) is 4.98 Å². The highest BCUT2D eigenvalue weighted by Crippen LogP contribution is 2.22. The number of allylic oxidation sites excluding steroid dienone is 2. The molecule has 0 bridgehead atoms. The number of aromatic hydroxyl groups is 2. The van der Waals surface area contributed by atoms with Crippen LogP contribution in [0.4, 0.5) is 5.69 Å². The Labute approximate surface area is 126 Å². The van der Waals surface area contributed by atoms with E-state index in [9.17, 15) is 10.2 Å². The normalized spacial score (nSPS) is 11.8. The number of fused-ring (bicyclic) bond motifs is 1. The Hall–Kier alpha value is -3.21. The highest BCUT2D eigenvalue weighted by molar-refractivity contribution is 5.75. The summed E-state index contributed by atoms with van der Waals surface area (Å²) >= 11 is 0. The summed E-state index contributed by atoms with van der Waals surface area (Å²) in [5.41, 5.74) is 7.96. The lowest BCUT2D eigenvalue weighted by Crippen LogP contribution is -1.84. The number of oxazole rings is 1. The number of hydrogen-bond acceptors (Lipinski definition) is 5. The number of nitrogens with two attached hydrogens (primary N) is 1. The minimum Gasteiger partial charge on any atom is -0.508 e. The van der Waals surface area contributed by atoms with E-state index in [1.165, 1.54) is 12.1 Å². The van der Waals surface area contributed by atoms with E-state index < -0.39 is 0 Å². The lowest BCUT2D eigenvalue weighted by Gasteiger charge is -1.99. The highest BCUT2D eigenvalue weighted by Gasteiger charge is 2.03. The van der Waals surface area contributed by atoms with Crippen molar-refractivity contribution in [3.63, 3.8) is 0 Å². The monoisotopic (exact) mass is 294 g/mol. The molecule has 110 valence electrons.